The molecule has 0 N–H and O–H groups in total. The lowest BCUT2D eigenvalue weighted by Crippen LogP contribution is -2.28. The maximum Gasteiger partial charge on any atom is 0.0674 e. The van der Waals surface area contributed by atoms with Crippen LogP contribution in [0.15, 0.2) is 30.5 Å². The molecule has 0 spiro atoms. The van der Waals surface area contributed by atoms with Gasteiger partial charge in [0, 0.05) is 18.8 Å². The molecular weight excluding hydrogens is 172 g/mol. The summed E-state index contributed by atoms with van der Waals surface area (Å²) in [5.74, 6) is 0.766. The van der Waals surface area contributed by atoms with E-state index in [1.54, 1.807) is 0 Å². The quantitative estimate of drug-likeness (QED) is 0.665. The summed E-state index contributed by atoms with van der Waals surface area (Å²) in [7, 11) is 2.21. The zero-order valence-corrected chi connectivity index (χ0v) is 8.35. The van der Waals surface area contributed by atoms with Crippen LogP contribution in [0.5, 0.6) is 0 Å². The SMILES string of the molecule is CN1CC2C=C(c3ccccn3)C1C2. The first kappa shape index (κ1) is 8.18. The Morgan fingerprint density at radius 2 is 2.36 bits per heavy atom. The number of hydrogen-bond acceptors (Lipinski definition) is 2. The Morgan fingerprint density at radius 3 is 3.00 bits per heavy atom. The first-order chi connectivity index (χ1) is 6.84. The Morgan fingerprint density at radius 1 is 1.43 bits per heavy atom. The van der Waals surface area contributed by atoms with Gasteiger partial charge in [-0.2, -0.15) is 0 Å². The Kier molecular flexibility index (Phi) is 1.71. The van der Waals surface area contributed by atoms with Gasteiger partial charge in [0.1, 0.15) is 0 Å². The van der Waals surface area contributed by atoms with E-state index in [9.17, 15) is 0 Å². The third kappa shape index (κ3) is 1.11. The van der Waals surface area contributed by atoms with Gasteiger partial charge >= 0.3 is 0 Å². The van der Waals surface area contributed by atoms with Gasteiger partial charge in [-0.1, -0.05) is 12.1 Å². The summed E-state index contributed by atoms with van der Waals surface area (Å²) < 4.78 is 0. The Labute approximate surface area is 84.3 Å². The van der Waals surface area contributed by atoms with Crippen molar-refractivity contribution in [1.82, 2.24) is 9.88 Å². The van der Waals surface area contributed by atoms with Crippen molar-refractivity contribution in [3.8, 4) is 0 Å². The van der Waals surface area contributed by atoms with E-state index in [-0.39, 0.29) is 0 Å². The number of likely N-dealkylation sites (N-methyl/N-ethyl adjacent to an activating group) is 1. The molecule has 1 saturated heterocycles. The lowest BCUT2D eigenvalue weighted by atomic mass is 10.1. The molecule has 2 aliphatic rings. The standard InChI is InChI=1S/C12H14N2/c1-14-8-9-6-10(12(14)7-9)11-4-2-3-5-13-11/h2-6,9,12H,7-8H2,1H3. The summed E-state index contributed by atoms with van der Waals surface area (Å²) >= 11 is 0. The molecule has 1 fully saturated rings. The normalized spacial score (nSPS) is 30.8. The van der Waals surface area contributed by atoms with Crippen molar-refractivity contribution in [3.63, 3.8) is 0 Å². The fourth-order valence-corrected chi connectivity index (χ4v) is 2.68. The molecular formula is C12H14N2. The van der Waals surface area contributed by atoms with Gasteiger partial charge in [0.2, 0.25) is 0 Å². The van der Waals surface area contributed by atoms with E-state index in [0.717, 1.165) is 11.6 Å². The molecule has 0 amide bonds. The molecule has 72 valence electrons. The maximum atomic E-state index is 4.42. The fraction of sp³-hybridized carbons (Fsp3) is 0.417. The summed E-state index contributed by atoms with van der Waals surface area (Å²) in [4.78, 5) is 6.86. The molecule has 1 aromatic rings. The van der Waals surface area contributed by atoms with Gasteiger partial charge in [0.05, 0.1) is 5.69 Å². The van der Waals surface area contributed by atoms with Crippen LogP contribution in [-0.4, -0.2) is 29.5 Å². The van der Waals surface area contributed by atoms with Crippen LogP contribution in [0.3, 0.4) is 0 Å². The summed E-state index contributed by atoms with van der Waals surface area (Å²) in [5.41, 5.74) is 2.59. The lowest BCUT2D eigenvalue weighted by Gasteiger charge is -2.23. The van der Waals surface area contributed by atoms with Crippen LogP contribution in [0.1, 0.15) is 12.1 Å². The van der Waals surface area contributed by atoms with E-state index in [1.807, 2.05) is 12.3 Å². The third-order valence-corrected chi connectivity index (χ3v) is 3.32. The van der Waals surface area contributed by atoms with Crippen molar-refractivity contribution >= 4 is 5.57 Å². The average Bonchev–Trinajstić information content (AvgIpc) is 2.77. The lowest BCUT2D eigenvalue weighted by molar-refractivity contribution is 0.352. The summed E-state index contributed by atoms with van der Waals surface area (Å²) in [6, 6.07) is 6.77. The number of aromatic nitrogens is 1. The molecule has 14 heavy (non-hydrogen) atoms. The summed E-state index contributed by atoms with van der Waals surface area (Å²) in [6.07, 6.45) is 5.58. The highest BCUT2D eigenvalue weighted by Crippen LogP contribution is 2.39. The minimum absolute atomic E-state index is 0.620. The molecule has 1 aliphatic heterocycles. The predicted octanol–water partition coefficient (Wildman–Crippen LogP) is 1.80. The molecule has 2 unspecified atom stereocenters. The van der Waals surface area contributed by atoms with Gasteiger partial charge < -0.3 is 0 Å². The smallest absolute Gasteiger partial charge is 0.0674 e. The Bertz CT molecular complexity index is 369. The van der Waals surface area contributed by atoms with E-state index in [4.69, 9.17) is 0 Å². The van der Waals surface area contributed by atoms with Crippen LogP contribution >= 0.6 is 0 Å². The molecule has 0 saturated carbocycles. The number of likely N-dealkylation sites (tertiary alicyclic amines) is 1. The van der Waals surface area contributed by atoms with E-state index in [1.165, 1.54) is 18.5 Å². The Balaban J connectivity index is 1.98. The molecule has 1 aromatic heterocycles. The second kappa shape index (κ2) is 2.92. The topological polar surface area (TPSA) is 16.1 Å². The maximum absolute atomic E-state index is 4.42. The second-order valence-electron chi connectivity index (χ2n) is 4.29. The van der Waals surface area contributed by atoms with Crippen LogP contribution in [-0.2, 0) is 0 Å². The number of nitrogens with zero attached hydrogens (tertiary/aromatic N) is 2. The number of hydrogen-bond donors (Lipinski definition) is 0. The predicted molar refractivity (Wildman–Crippen MR) is 56.7 cm³/mol. The van der Waals surface area contributed by atoms with Gasteiger partial charge in [-0.3, -0.25) is 9.88 Å². The fourth-order valence-electron chi connectivity index (χ4n) is 2.68. The monoisotopic (exact) mass is 186 g/mol. The molecule has 3 rings (SSSR count). The van der Waals surface area contributed by atoms with Crippen LogP contribution in [0.25, 0.3) is 5.57 Å². The van der Waals surface area contributed by atoms with Crippen molar-refractivity contribution in [1.29, 1.82) is 0 Å². The van der Waals surface area contributed by atoms with E-state index in [0.29, 0.717) is 6.04 Å². The van der Waals surface area contributed by atoms with Crippen molar-refractivity contribution in [2.45, 2.75) is 12.5 Å². The molecule has 1 aliphatic carbocycles. The first-order valence-corrected chi connectivity index (χ1v) is 5.18. The number of rotatable bonds is 1. The molecule has 2 heterocycles. The molecule has 2 heteroatoms. The highest BCUT2D eigenvalue weighted by Gasteiger charge is 2.37. The number of fused-ring (bicyclic) bond motifs is 2. The van der Waals surface area contributed by atoms with Crippen LogP contribution in [0.4, 0.5) is 0 Å². The summed E-state index contributed by atoms with van der Waals surface area (Å²) in [5, 5.41) is 0. The molecule has 2 bridgehead atoms. The second-order valence-corrected chi connectivity index (χ2v) is 4.29. The first-order valence-electron chi connectivity index (χ1n) is 5.18. The molecule has 2 nitrogen and oxygen atoms in total. The largest absolute Gasteiger partial charge is 0.299 e. The van der Waals surface area contributed by atoms with Crippen molar-refractivity contribution < 1.29 is 0 Å². The number of pyridine rings is 1. The van der Waals surface area contributed by atoms with Crippen molar-refractivity contribution in [3.05, 3.63) is 36.2 Å². The van der Waals surface area contributed by atoms with E-state index in [2.05, 4.69) is 35.1 Å². The van der Waals surface area contributed by atoms with Crippen LogP contribution < -0.4 is 0 Å². The Hall–Kier alpha value is -1.15. The van der Waals surface area contributed by atoms with Crippen LogP contribution in [0.2, 0.25) is 0 Å². The van der Waals surface area contributed by atoms with Gasteiger partial charge in [-0.05, 0) is 37.1 Å². The molecule has 0 radical (unpaired) electrons. The van der Waals surface area contributed by atoms with Crippen molar-refractivity contribution in [2.24, 2.45) is 5.92 Å². The minimum Gasteiger partial charge on any atom is -0.299 e. The van der Waals surface area contributed by atoms with E-state index < -0.39 is 0 Å². The van der Waals surface area contributed by atoms with Gasteiger partial charge in [-0.15, -0.1) is 0 Å². The van der Waals surface area contributed by atoms with Gasteiger partial charge in [0.15, 0.2) is 0 Å². The average molecular weight is 186 g/mol. The zero-order chi connectivity index (χ0) is 9.54. The highest BCUT2D eigenvalue weighted by molar-refractivity contribution is 5.70. The van der Waals surface area contributed by atoms with Crippen LogP contribution in [0, 0.1) is 5.92 Å². The van der Waals surface area contributed by atoms with Gasteiger partial charge in [-0.25, -0.2) is 0 Å². The minimum atomic E-state index is 0.620. The van der Waals surface area contributed by atoms with E-state index >= 15 is 0 Å². The zero-order valence-electron chi connectivity index (χ0n) is 8.35. The molecule has 2 atom stereocenters. The molecule has 0 aromatic carbocycles. The van der Waals surface area contributed by atoms with Crippen molar-refractivity contribution in [2.75, 3.05) is 13.6 Å². The highest BCUT2D eigenvalue weighted by atomic mass is 15.2. The third-order valence-electron chi connectivity index (χ3n) is 3.32. The van der Waals surface area contributed by atoms with Gasteiger partial charge in [0.25, 0.3) is 0 Å². The summed E-state index contributed by atoms with van der Waals surface area (Å²) in [6.45, 7) is 1.22.